The lowest BCUT2D eigenvalue weighted by Crippen LogP contribution is -2.23. The van der Waals surface area contributed by atoms with E-state index in [9.17, 15) is 13.6 Å². The Hall–Kier alpha value is -3.81. The Morgan fingerprint density at radius 2 is 1.84 bits per heavy atom. The van der Waals surface area contributed by atoms with Crippen LogP contribution in [-0.2, 0) is 13.0 Å². The van der Waals surface area contributed by atoms with E-state index < -0.39 is 11.8 Å². The summed E-state index contributed by atoms with van der Waals surface area (Å²) in [6.45, 7) is 2.71. The molecular formula is C24H22F2N4O2. The number of alkyl halides is 2. The van der Waals surface area contributed by atoms with Crippen molar-refractivity contribution in [1.82, 2.24) is 20.1 Å². The number of carbonyl (C=O) groups is 1. The van der Waals surface area contributed by atoms with Crippen LogP contribution in [0.15, 0.2) is 54.7 Å². The predicted molar refractivity (Wildman–Crippen MR) is 118 cm³/mol. The molecule has 0 saturated carbocycles. The van der Waals surface area contributed by atoms with Crippen molar-refractivity contribution in [3.05, 3.63) is 71.5 Å². The largest absolute Gasteiger partial charge is 0.457 e. The SMILES string of the molecule is CNC(=O)c1ccc(-c2cc(Oc3ccc4c(C)nn(C)c4c3)ccn2)cc1C(C)(F)F. The van der Waals surface area contributed by atoms with Crippen molar-refractivity contribution in [2.45, 2.75) is 19.8 Å². The van der Waals surface area contributed by atoms with E-state index in [1.165, 1.54) is 19.2 Å². The van der Waals surface area contributed by atoms with Gasteiger partial charge in [0, 0.05) is 61.4 Å². The molecule has 0 aliphatic heterocycles. The number of fused-ring (bicyclic) bond motifs is 1. The van der Waals surface area contributed by atoms with Gasteiger partial charge in [-0.1, -0.05) is 6.07 Å². The number of aromatic nitrogens is 3. The molecule has 2 heterocycles. The van der Waals surface area contributed by atoms with Crippen molar-refractivity contribution in [2.75, 3.05) is 7.05 Å². The summed E-state index contributed by atoms with van der Waals surface area (Å²) >= 11 is 0. The Labute approximate surface area is 183 Å². The van der Waals surface area contributed by atoms with Gasteiger partial charge in [0.05, 0.1) is 16.9 Å². The van der Waals surface area contributed by atoms with Gasteiger partial charge < -0.3 is 10.1 Å². The summed E-state index contributed by atoms with van der Waals surface area (Å²) in [6, 6.07) is 13.3. The summed E-state index contributed by atoms with van der Waals surface area (Å²) in [4.78, 5) is 16.3. The van der Waals surface area contributed by atoms with Gasteiger partial charge in [0.15, 0.2) is 0 Å². The van der Waals surface area contributed by atoms with Gasteiger partial charge in [-0.3, -0.25) is 14.5 Å². The van der Waals surface area contributed by atoms with E-state index in [2.05, 4.69) is 15.4 Å². The summed E-state index contributed by atoms with van der Waals surface area (Å²) in [6.07, 6.45) is 1.55. The molecule has 0 unspecified atom stereocenters. The highest BCUT2D eigenvalue weighted by Crippen LogP contribution is 2.34. The second kappa shape index (κ2) is 8.03. The smallest absolute Gasteiger partial charge is 0.271 e. The van der Waals surface area contributed by atoms with E-state index in [4.69, 9.17) is 4.74 Å². The molecule has 164 valence electrons. The van der Waals surface area contributed by atoms with Crippen LogP contribution in [0.3, 0.4) is 0 Å². The topological polar surface area (TPSA) is 69.0 Å². The van der Waals surface area contributed by atoms with Gasteiger partial charge in [0.2, 0.25) is 0 Å². The molecule has 2 aromatic heterocycles. The minimum absolute atomic E-state index is 0.0732. The van der Waals surface area contributed by atoms with Crippen LogP contribution in [0.5, 0.6) is 11.5 Å². The van der Waals surface area contributed by atoms with E-state index >= 15 is 0 Å². The zero-order valence-corrected chi connectivity index (χ0v) is 18.1. The number of ether oxygens (including phenoxy) is 1. The second-order valence-electron chi connectivity index (χ2n) is 7.59. The Balaban J connectivity index is 1.69. The number of hydrogen-bond donors (Lipinski definition) is 1. The first-order valence-electron chi connectivity index (χ1n) is 9.99. The van der Waals surface area contributed by atoms with Gasteiger partial charge in [0.25, 0.3) is 11.8 Å². The summed E-state index contributed by atoms with van der Waals surface area (Å²) in [7, 11) is 3.27. The van der Waals surface area contributed by atoms with Crippen molar-refractivity contribution in [1.29, 1.82) is 0 Å². The van der Waals surface area contributed by atoms with Crippen LogP contribution in [0, 0.1) is 6.92 Å². The molecule has 4 aromatic rings. The molecule has 1 amide bonds. The molecule has 0 saturated heterocycles. The van der Waals surface area contributed by atoms with E-state index in [1.807, 2.05) is 32.2 Å². The number of hydrogen-bond acceptors (Lipinski definition) is 4. The highest BCUT2D eigenvalue weighted by Gasteiger charge is 2.30. The fraction of sp³-hybridized carbons (Fsp3) is 0.208. The Morgan fingerprint density at radius 1 is 1.09 bits per heavy atom. The molecule has 0 atom stereocenters. The van der Waals surface area contributed by atoms with Gasteiger partial charge in [-0.05, 0) is 37.3 Å². The molecule has 0 spiro atoms. The number of aryl methyl sites for hydroxylation is 2. The third kappa shape index (κ3) is 4.03. The van der Waals surface area contributed by atoms with Crippen LogP contribution < -0.4 is 10.1 Å². The van der Waals surface area contributed by atoms with Gasteiger partial charge in [-0.15, -0.1) is 0 Å². The third-order valence-electron chi connectivity index (χ3n) is 5.23. The van der Waals surface area contributed by atoms with Crippen LogP contribution >= 0.6 is 0 Å². The predicted octanol–water partition coefficient (Wildman–Crippen LogP) is 5.21. The number of carbonyl (C=O) groups excluding carboxylic acids is 1. The van der Waals surface area contributed by atoms with Gasteiger partial charge in [0.1, 0.15) is 11.5 Å². The first-order chi connectivity index (χ1) is 15.2. The van der Waals surface area contributed by atoms with Crippen molar-refractivity contribution in [2.24, 2.45) is 7.05 Å². The number of benzene rings is 2. The lowest BCUT2D eigenvalue weighted by Gasteiger charge is -2.16. The maximum absolute atomic E-state index is 14.2. The third-order valence-corrected chi connectivity index (χ3v) is 5.23. The van der Waals surface area contributed by atoms with E-state index in [-0.39, 0.29) is 11.1 Å². The van der Waals surface area contributed by atoms with Crippen molar-refractivity contribution < 1.29 is 18.3 Å². The molecule has 8 heteroatoms. The summed E-state index contributed by atoms with van der Waals surface area (Å²) in [5, 5.41) is 7.84. The molecule has 0 aliphatic carbocycles. The van der Waals surface area contributed by atoms with Crippen LogP contribution in [0.25, 0.3) is 22.2 Å². The zero-order valence-electron chi connectivity index (χ0n) is 18.1. The first-order valence-corrected chi connectivity index (χ1v) is 9.99. The second-order valence-corrected chi connectivity index (χ2v) is 7.59. The summed E-state index contributed by atoms with van der Waals surface area (Å²) in [5.41, 5.74) is 2.35. The van der Waals surface area contributed by atoms with Crippen LogP contribution in [-0.4, -0.2) is 27.7 Å². The van der Waals surface area contributed by atoms with Crippen LogP contribution in [0.4, 0.5) is 8.78 Å². The monoisotopic (exact) mass is 436 g/mol. The number of halogens is 2. The summed E-state index contributed by atoms with van der Waals surface area (Å²) < 4.78 is 36.2. The average Bonchev–Trinajstić information content (AvgIpc) is 3.05. The number of pyridine rings is 1. The van der Waals surface area contributed by atoms with Crippen LogP contribution in [0.1, 0.15) is 28.5 Å². The van der Waals surface area contributed by atoms with Gasteiger partial charge >= 0.3 is 0 Å². The maximum Gasteiger partial charge on any atom is 0.271 e. The molecule has 32 heavy (non-hydrogen) atoms. The standard InChI is InChI=1S/C24H22F2N4O2/c1-14-18-8-6-16(13-22(18)30(4)29-14)32-17-9-10-28-21(12-17)15-5-7-19(23(31)27-3)20(11-15)24(2,25)26/h5-13H,1-4H3,(H,27,31). The van der Waals surface area contributed by atoms with Gasteiger partial charge in [-0.25, -0.2) is 8.78 Å². The average molecular weight is 436 g/mol. The lowest BCUT2D eigenvalue weighted by molar-refractivity contribution is 0.0164. The normalized spacial score (nSPS) is 11.6. The van der Waals surface area contributed by atoms with E-state index in [1.54, 1.807) is 29.1 Å². The number of nitrogens with one attached hydrogen (secondary N) is 1. The molecule has 0 bridgehead atoms. The Bertz CT molecular complexity index is 1330. The highest BCUT2D eigenvalue weighted by atomic mass is 19.3. The quantitative estimate of drug-likeness (QED) is 0.467. The van der Waals surface area contributed by atoms with E-state index in [0.29, 0.717) is 22.8 Å². The molecule has 4 rings (SSSR count). The zero-order chi connectivity index (χ0) is 23.0. The van der Waals surface area contributed by atoms with Gasteiger partial charge in [-0.2, -0.15) is 5.10 Å². The first kappa shape index (κ1) is 21.4. The van der Waals surface area contributed by atoms with Crippen molar-refractivity contribution in [3.63, 3.8) is 0 Å². The Morgan fingerprint density at radius 3 is 2.56 bits per heavy atom. The fourth-order valence-electron chi connectivity index (χ4n) is 3.65. The van der Waals surface area contributed by atoms with E-state index in [0.717, 1.165) is 23.5 Å². The molecule has 0 fully saturated rings. The highest BCUT2D eigenvalue weighted by molar-refractivity contribution is 5.96. The Kier molecular flexibility index (Phi) is 5.38. The number of rotatable bonds is 5. The lowest BCUT2D eigenvalue weighted by atomic mass is 9.97. The van der Waals surface area contributed by atoms with Crippen molar-refractivity contribution >= 4 is 16.8 Å². The minimum atomic E-state index is -3.19. The molecule has 0 aliphatic rings. The van der Waals surface area contributed by atoms with Crippen LogP contribution in [0.2, 0.25) is 0 Å². The molecule has 2 aromatic carbocycles. The van der Waals surface area contributed by atoms with Crippen molar-refractivity contribution in [3.8, 4) is 22.8 Å². The maximum atomic E-state index is 14.2. The number of amides is 1. The summed E-state index contributed by atoms with van der Waals surface area (Å²) in [5.74, 6) is -2.64. The molecular weight excluding hydrogens is 414 g/mol. The minimum Gasteiger partial charge on any atom is -0.457 e. The molecule has 6 nitrogen and oxygen atoms in total. The fourth-order valence-corrected chi connectivity index (χ4v) is 3.65. The molecule has 1 N–H and O–H groups in total. The number of nitrogens with zero attached hydrogens (tertiary/aromatic N) is 3. The molecule has 0 radical (unpaired) electrons.